The minimum absolute atomic E-state index is 0.549. The first kappa shape index (κ1) is 14.9. The number of benzene rings is 2. The first-order chi connectivity index (χ1) is 10.2. The van der Waals surface area contributed by atoms with E-state index in [9.17, 15) is 9.59 Å². The van der Waals surface area contributed by atoms with E-state index in [1.54, 1.807) is 24.3 Å². The van der Waals surface area contributed by atoms with Gasteiger partial charge in [0.1, 0.15) is 0 Å². The molecule has 2 aromatic carbocycles. The summed E-state index contributed by atoms with van der Waals surface area (Å²) in [6.07, 6.45) is 1.46. The lowest BCUT2D eigenvalue weighted by Gasteiger charge is -2.03. The molecule has 21 heavy (non-hydrogen) atoms. The van der Waals surface area contributed by atoms with Crippen LogP contribution in [0.15, 0.2) is 64.2 Å². The molecule has 0 saturated carbocycles. The summed E-state index contributed by atoms with van der Waals surface area (Å²) < 4.78 is 0.844. The maximum Gasteiger partial charge on any atom is 0.329 e. The SMILES string of the molecule is O=C(NN=Cc1ccccc1Br)C(=O)Nc1ccccc1. The van der Waals surface area contributed by atoms with E-state index in [1.807, 2.05) is 30.3 Å². The Balaban J connectivity index is 1.90. The molecular weight excluding hydrogens is 334 g/mol. The van der Waals surface area contributed by atoms with Crippen molar-refractivity contribution in [3.05, 3.63) is 64.6 Å². The van der Waals surface area contributed by atoms with Gasteiger partial charge in [-0.15, -0.1) is 0 Å². The summed E-state index contributed by atoms with van der Waals surface area (Å²) in [5.41, 5.74) is 3.52. The second-order valence-electron chi connectivity index (χ2n) is 4.04. The summed E-state index contributed by atoms with van der Waals surface area (Å²) in [6, 6.07) is 16.1. The molecule has 0 saturated heterocycles. The smallest absolute Gasteiger partial charge is 0.318 e. The highest BCUT2D eigenvalue weighted by Crippen LogP contribution is 2.13. The van der Waals surface area contributed by atoms with Crippen LogP contribution in [0.1, 0.15) is 5.56 Å². The van der Waals surface area contributed by atoms with Gasteiger partial charge < -0.3 is 5.32 Å². The lowest BCUT2D eigenvalue weighted by molar-refractivity contribution is -0.136. The Hall–Kier alpha value is -2.47. The van der Waals surface area contributed by atoms with E-state index in [-0.39, 0.29) is 0 Å². The predicted molar refractivity (Wildman–Crippen MR) is 85.0 cm³/mol. The van der Waals surface area contributed by atoms with E-state index in [1.165, 1.54) is 6.21 Å². The third-order valence-electron chi connectivity index (χ3n) is 2.51. The number of para-hydroxylation sites is 1. The number of hydrogen-bond acceptors (Lipinski definition) is 3. The highest BCUT2D eigenvalue weighted by atomic mass is 79.9. The molecule has 0 atom stereocenters. The Morgan fingerprint density at radius 2 is 1.62 bits per heavy atom. The van der Waals surface area contributed by atoms with Gasteiger partial charge in [-0.1, -0.05) is 52.3 Å². The van der Waals surface area contributed by atoms with Crippen LogP contribution in [0.5, 0.6) is 0 Å². The van der Waals surface area contributed by atoms with Crippen LogP contribution >= 0.6 is 15.9 Å². The van der Waals surface area contributed by atoms with Crippen LogP contribution in [0.2, 0.25) is 0 Å². The number of hydrogen-bond donors (Lipinski definition) is 2. The number of nitrogens with zero attached hydrogens (tertiary/aromatic N) is 1. The number of rotatable bonds is 3. The van der Waals surface area contributed by atoms with Crippen molar-refractivity contribution in [1.82, 2.24) is 5.43 Å². The van der Waals surface area contributed by atoms with E-state index in [2.05, 4.69) is 31.8 Å². The summed E-state index contributed by atoms with van der Waals surface area (Å²) in [4.78, 5) is 23.2. The van der Waals surface area contributed by atoms with Crippen molar-refractivity contribution in [3.63, 3.8) is 0 Å². The molecule has 0 aliphatic heterocycles. The van der Waals surface area contributed by atoms with Crippen LogP contribution in [0.25, 0.3) is 0 Å². The van der Waals surface area contributed by atoms with E-state index in [4.69, 9.17) is 0 Å². The fraction of sp³-hybridized carbons (Fsp3) is 0. The lowest BCUT2D eigenvalue weighted by Crippen LogP contribution is -2.32. The molecule has 106 valence electrons. The summed E-state index contributed by atoms with van der Waals surface area (Å²) in [6.45, 7) is 0. The number of carbonyl (C=O) groups excluding carboxylic acids is 2. The van der Waals surface area contributed by atoms with Crippen molar-refractivity contribution in [2.75, 3.05) is 5.32 Å². The summed E-state index contributed by atoms with van der Waals surface area (Å²) >= 11 is 3.35. The van der Waals surface area contributed by atoms with Crippen LogP contribution < -0.4 is 10.7 Å². The van der Waals surface area contributed by atoms with Crippen molar-refractivity contribution in [2.45, 2.75) is 0 Å². The normalized spacial score (nSPS) is 10.3. The number of carbonyl (C=O) groups is 2. The summed E-state index contributed by atoms with van der Waals surface area (Å²) in [7, 11) is 0. The van der Waals surface area contributed by atoms with Crippen molar-refractivity contribution in [1.29, 1.82) is 0 Å². The van der Waals surface area contributed by atoms with Gasteiger partial charge in [0.15, 0.2) is 0 Å². The van der Waals surface area contributed by atoms with E-state index in [0.717, 1.165) is 10.0 Å². The molecule has 2 N–H and O–H groups in total. The zero-order chi connectivity index (χ0) is 15.1. The Labute approximate surface area is 130 Å². The quantitative estimate of drug-likeness (QED) is 0.509. The number of anilines is 1. The summed E-state index contributed by atoms with van der Waals surface area (Å²) in [5, 5.41) is 6.22. The molecular formula is C15H12BrN3O2. The van der Waals surface area contributed by atoms with Gasteiger partial charge in [0.05, 0.1) is 6.21 Å². The Morgan fingerprint density at radius 3 is 2.33 bits per heavy atom. The van der Waals surface area contributed by atoms with Gasteiger partial charge in [-0.2, -0.15) is 5.10 Å². The average Bonchev–Trinajstić information content (AvgIpc) is 2.50. The molecule has 0 aliphatic carbocycles. The third kappa shape index (κ3) is 4.54. The average molecular weight is 346 g/mol. The molecule has 0 bridgehead atoms. The van der Waals surface area contributed by atoms with Crippen LogP contribution in [0, 0.1) is 0 Å². The summed E-state index contributed by atoms with van der Waals surface area (Å²) in [5.74, 6) is -1.60. The number of hydrazone groups is 1. The maximum absolute atomic E-state index is 11.6. The molecule has 5 nitrogen and oxygen atoms in total. The Kier molecular flexibility index (Phi) is 5.22. The Bertz CT molecular complexity index is 672. The van der Waals surface area contributed by atoms with Gasteiger partial charge in [-0.25, -0.2) is 5.43 Å². The fourth-order valence-corrected chi connectivity index (χ4v) is 1.89. The highest BCUT2D eigenvalue weighted by Gasteiger charge is 2.12. The third-order valence-corrected chi connectivity index (χ3v) is 3.24. The van der Waals surface area contributed by atoms with Crippen molar-refractivity contribution in [3.8, 4) is 0 Å². The van der Waals surface area contributed by atoms with Crippen molar-refractivity contribution < 1.29 is 9.59 Å². The minimum Gasteiger partial charge on any atom is -0.318 e. The lowest BCUT2D eigenvalue weighted by atomic mass is 10.2. The second-order valence-corrected chi connectivity index (χ2v) is 4.90. The molecule has 0 radical (unpaired) electrons. The van der Waals surface area contributed by atoms with Crippen LogP contribution in [0.4, 0.5) is 5.69 Å². The number of halogens is 1. The molecule has 6 heteroatoms. The van der Waals surface area contributed by atoms with Crippen molar-refractivity contribution >= 4 is 39.6 Å². The topological polar surface area (TPSA) is 70.6 Å². The van der Waals surface area contributed by atoms with Crippen molar-refractivity contribution in [2.24, 2.45) is 5.10 Å². The molecule has 0 heterocycles. The first-order valence-corrected chi connectivity index (χ1v) is 6.90. The Morgan fingerprint density at radius 1 is 0.952 bits per heavy atom. The zero-order valence-electron chi connectivity index (χ0n) is 10.9. The predicted octanol–water partition coefficient (Wildman–Crippen LogP) is 2.54. The number of nitrogens with one attached hydrogen (secondary N) is 2. The molecule has 0 unspecified atom stereocenters. The monoisotopic (exact) mass is 345 g/mol. The van der Waals surface area contributed by atoms with Gasteiger partial charge in [0.25, 0.3) is 0 Å². The van der Waals surface area contributed by atoms with Gasteiger partial charge in [-0.3, -0.25) is 9.59 Å². The largest absolute Gasteiger partial charge is 0.329 e. The fourth-order valence-electron chi connectivity index (χ4n) is 1.50. The van der Waals surface area contributed by atoms with Gasteiger partial charge in [0, 0.05) is 15.7 Å². The van der Waals surface area contributed by atoms with Crippen LogP contribution in [-0.4, -0.2) is 18.0 Å². The van der Waals surface area contributed by atoms with Gasteiger partial charge in [0.2, 0.25) is 0 Å². The van der Waals surface area contributed by atoms with E-state index < -0.39 is 11.8 Å². The first-order valence-electron chi connectivity index (χ1n) is 6.11. The minimum atomic E-state index is -0.831. The highest BCUT2D eigenvalue weighted by molar-refractivity contribution is 9.10. The molecule has 0 fully saturated rings. The van der Waals surface area contributed by atoms with E-state index >= 15 is 0 Å². The standard InChI is InChI=1S/C15H12BrN3O2/c16-13-9-5-4-6-11(13)10-17-19-15(21)14(20)18-12-7-2-1-3-8-12/h1-10H,(H,18,20)(H,19,21). The van der Waals surface area contributed by atoms with E-state index in [0.29, 0.717) is 5.69 Å². The van der Waals surface area contributed by atoms with Gasteiger partial charge in [-0.05, 0) is 18.2 Å². The molecule has 2 rings (SSSR count). The second kappa shape index (κ2) is 7.35. The molecule has 2 amide bonds. The molecule has 0 aliphatic rings. The molecule has 0 spiro atoms. The molecule has 0 aromatic heterocycles. The van der Waals surface area contributed by atoms with Crippen LogP contribution in [-0.2, 0) is 9.59 Å². The van der Waals surface area contributed by atoms with Gasteiger partial charge >= 0.3 is 11.8 Å². The molecule has 2 aromatic rings. The maximum atomic E-state index is 11.6. The number of amides is 2. The van der Waals surface area contributed by atoms with Crippen LogP contribution in [0.3, 0.4) is 0 Å². The zero-order valence-corrected chi connectivity index (χ0v) is 12.5.